The smallest absolute Gasteiger partial charge is 0.307 e. The monoisotopic (exact) mass is 509 g/mol. The molecule has 0 saturated carbocycles. The zero-order valence-corrected chi connectivity index (χ0v) is 18.6. The number of halogens is 2. The molecule has 1 heterocycles. The summed E-state index contributed by atoms with van der Waals surface area (Å²) >= 11 is 3.38. The highest BCUT2D eigenvalue weighted by atomic mass is 79.9. The van der Waals surface area contributed by atoms with Gasteiger partial charge in [0, 0.05) is 15.5 Å². The Morgan fingerprint density at radius 1 is 1.03 bits per heavy atom. The van der Waals surface area contributed by atoms with Crippen LogP contribution in [0.2, 0.25) is 0 Å². The molecule has 2 N–H and O–H groups in total. The molecule has 0 aliphatic carbocycles. The Hall–Kier alpha value is -3.98. The van der Waals surface area contributed by atoms with Gasteiger partial charge in [-0.25, -0.2) is 9.82 Å². The minimum atomic E-state index is -0.467. The molecule has 0 aliphatic rings. The molecule has 0 spiro atoms. The second kappa shape index (κ2) is 10.1. The van der Waals surface area contributed by atoms with Crippen LogP contribution in [0.15, 0.2) is 86.8 Å². The highest BCUT2D eigenvalue weighted by Gasteiger charge is 2.11. The molecule has 9 heteroatoms. The van der Waals surface area contributed by atoms with E-state index in [1.54, 1.807) is 36.4 Å². The molecule has 0 unspecified atom stereocenters. The van der Waals surface area contributed by atoms with Crippen LogP contribution < -0.4 is 15.5 Å². The van der Waals surface area contributed by atoms with E-state index in [1.165, 1.54) is 30.5 Å². The maximum atomic E-state index is 12.9. The molecule has 0 radical (unpaired) electrons. The molecule has 0 saturated heterocycles. The number of furan rings is 1. The predicted molar refractivity (Wildman–Crippen MR) is 126 cm³/mol. The van der Waals surface area contributed by atoms with Gasteiger partial charge in [-0.05, 0) is 78.4 Å². The predicted octanol–water partition coefficient (Wildman–Crippen LogP) is 5.12. The number of rotatable bonds is 7. The molecule has 0 bridgehead atoms. The summed E-state index contributed by atoms with van der Waals surface area (Å²) in [5.41, 5.74) is 4.22. The molecule has 1 aromatic heterocycles. The van der Waals surface area contributed by atoms with Gasteiger partial charge in [0.2, 0.25) is 0 Å². The largest absolute Gasteiger partial charge is 0.484 e. The lowest BCUT2D eigenvalue weighted by molar-refractivity contribution is -0.118. The summed E-state index contributed by atoms with van der Waals surface area (Å²) in [7, 11) is 0. The Bertz CT molecular complexity index is 1320. The molecule has 166 valence electrons. The first-order chi connectivity index (χ1) is 16.0. The topological polar surface area (TPSA) is 92.9 Å². The van der Waals surface area contributed by atoms with Crippen LogP contribution in [-0.2, 0) is 4.79 Å². The van der Waals surface area contributed by atoms with E-state index in [0.29, 0.717) is 22.6 Å². The third-order valence-corrected chi connectivity index (χ3v) is 4.95. The van der Waals surface area contributed by atoms with Crippen molar-refractivity contribution in [1.29, 1.82) is 0 Å². The Morgan fingerprint density at radius 3 is 2.55 bits per heavy atom. The normalized spacial score (nSPS) is 11.0. The number of carbonyl (C=O) groups excluding carboxylic acids is 2. The maximum Gasteiger partial charge on any atom is 0.307 e. The summed E-state index contributed by atoms with van der Waals surface area (Å²) in [4.78, 5) is 24.2. The van der Waals surface area contributed by atoms with E-state index >= 15 is 0 Å². The number of hydrogen-bond acceptors (Lipinski definition) is 5. The third-order valence-electron chi connectivity index (χ3n) is 4.46. The fraction of sp³-hybridized carbons (Fsp3) is 0.0417. The van der Waals surface area contributed by atoms with E-state index in [2.05, 4.69) is 31.8 Å². The molecule has 4 aromatic rings. The van der Waals surface area contributed by atoms with Crippen molar-refractivity contribution in [2.75, 3.05) is 11.9 Å². The van der Waals surface area contributed by atoms with Gasteiger partial charge in [-0.1, -0.05) is 15.9 Å². The number of anilines is 1. The first-order valence-corrected chi connectivity index (χ1v) is 10.6. The number of hydrazone groups is 1. The van der Waals surface area contributed by atoms with E-state index in [1.807, 2.05) is 12.1 Å². The Balaban J connectivity index is 1.26. The molecular weight excluding hydrogens is 493 g/mol. The summed E-state index contributed by atoms with van der Waals surface area (Å²) in [6, 6.07) is 19.3. The number of benzene rings is 3. The van der Waals surface area contributed by atoms with E-state index in [0.717, 1.165) is 9.86 Å². The van der Waals surface area contributed by atoms with Crippen molar-refractivity contribution in [3.8, 4) is 5.75 Å². The Kier molecular flexibility index (Phi) is 6.80. The van der Waals surface area contributed by atoms with Crippen LogP contribution in [0, 0.1) is 5.82 Å². The molecule has 33 heavy (non-hydrogen) atoms. The molecule has 7 nitrogen and oxygen atoms in total. The number of fused-ring (bicyclic) bond motifs is 1. The standard InChI is InChI=1S/C24H17BrFN3O4/c25-17-3-10-21-16(11-17)12-22(33-21)24(31)29-27-13-15-1-8-20(9-2-15)32-14-23(30)28-19-6-4-18(26)5-7-19/h1-13H,14H2,(H,28,30)(H,29,31)/b27-13+. The van der Waals surface area contributed by atoms with Crippen molar-refractivity contribution in [2.45, 2.75) is 0 Å². The van der Waals surface area contributed by atoms with Gasteiger partial charge >= 0.3 is 5.91 Å². The number of nitrogens with one attached hydrogen (secondary N) is 2. The molecule has 0 atom stereocenters. The van der Waals surface area contributed by atoms with Gasteiger partial charge in [-0.3, -0.25) is 9.59 Å². The molecule has 2 amide bonds. The highest BCUT2D eigenvalue weighted by Crippen LogP contribution is 2.23. The van der Waals surface area contributed by atoms with Crippen molar-refractivity contribution in [3.63, 3.8) is 0 Å². The number of carbonyl (C=O) groups is 2. The van der Waals surface area contributed by atoms with Crippen LogP contribution in [-0.4, -0.2) is 24.6 Å². The van der Waals surface area contributed by atoms with Crippen LogP contribution in [0.4, 0.5) is 10.1 Å². The number of nitrogens with zero attached hydrogens (tertiary/aromatic N) is 1. The summed E-state index contributed by atoms with van der Waals surface area (Å²) in [5, 5.41) is 7.35. The van der Waals surface area contributed by atoms with Gasteiger partial charge in [-0.2, -0.15) is 5.10 Å². The lowest BCUT2D eigenvalue weighted by atomic mass is 10.2. The summed E-state index contributed by atoms with van der Waals surface area (Å²) in [6.45, 7) is -0.199. The molecular formula is C24H17BrFN3O4. The molecule has 3 aromatic carbocycles. The van der Waals surface area contributed by atoms with Gasteiger partial charge in [0.05, 0.1) is 6.21 Å². The number of amides is 2. The summed E-state index contributed by atoms with van der Waals surface area (Å²) in [6.07, 6.45) is 1.47. The van der Waals surface area contributed by atoms with Crippen LogP contribution in [0.1, 0.15) is 16.1 Å². The first kappa shape index (κ1) is 22.2. The van der Waals surface area contributed by atoms with E-state index < -0.39 is 5.91 Å². The van der Waals surface area contributed by atoms with Gasteiger partial charge in [-0.15, -0.1) is 0 Å². The minimum Gasteiger partial charge on any atom is -0.484 e. The maximum absolute atomic E-state index is 12.9. The van der Waals surface area contributed by atoms with E-state index in [-0.39, 0.29) is 24.1 Å². The van der Waals surface area contributed by atoms with Crippen molar-refractivity contribution in [1.82, 2.24) is 5.43 Å². The minimum absolute atomic E-state index is 0.155. The fourth-order valence-electron chi connectivity index (χ4n) is 2.88. The lowest BCUT2D eigenvalue weighted by Crippen LogP contribution is -2.20. The number of ether oxygens (including phenoxy) is 1. The average Bonchev–Trinajstić information content (AvgIpc) is 3.23. The highest BCUT2D eigenvalue weighted by molar-refractivity contribution is 9.10. The van der Waals surface area contributed by atoms with Gasteiger partial charge < -0.3 is 14.5 Å². The molecule has 0 aliphatic heterocycles. The van der Waals surface area contributed by atoms with Crippen LogP contribution >= 0.6 is 15.9 Å². The third kappa shape index (κ3) is 6.05. The Morgan fingerprint density at radius 2 is 1.79 bits per heavy atom. The second-order valence-electron chi connectivity index (χ2n) is 6.90. The SMILES string of the molecule is O=C(COc1ccc(/C=N/NC(=O)c2cc3cc(Br)ccc3o2)cc1)Nc1ccc(F)cc1. The van der Waals surface area contributed by atoms with Crippen LogP contribution in [0.5, 0.6) is 5.75 Å². The summed E-state index contributed by atoms with van der Waals surface area (Å²) < 4.78 is 24.8. The zero-order valence-electron chi connectivity index (χ0n) is 17.0. The summed E-state index contributed by atoms with van der Waals surface area (Å²) in [5.74, 6) is -0.573. The fourth-order valence-corrected chi connectivity index (χ4v) is 3.25. The second-order valence-corrected chi connectivity index (χ2v) is 7.82. The van der Waals surface area contributed by atoms with Gasteiger partial charge in [0.25, 0.3) is 5.91 Å². The molecule has 4 rings (SSSR count). The first-order valence-electron chi connectivity index (χ1n) is 9.77. The average molecular weight is 510 g/mol. The quantitative estimate of drug-likeness (QED) is 0.267. The molecule has 0 fully saturated rings. The van der Waals surface area contributed by atoms with Crippen LogP contribution in [0.3, 0.4) is 0 Å². The van der Waals surface area contributed by atoms with Gasteiger partial charge in [0.1, 0.15) is 17.1 Å². The lowest BCUT2D eigenvalue weighted by Gasteiger charge is -2.07. The Labute approximate surface area is 196 Å². The van der Waals surface area contributed by atoms with Crippen molar-refractivity contribution in [2.24, 2.45) is 5.10 Å². The van der Waals surface area contributed by atoms with Crippen molar-refractivity contribution >= 4 is 50.6 Å². The zero-order chi connectivity index (χ0) is 23.2. The van der Waals surface area contributed by atoms with Crippen molar-refractivity contribution in [3.05, 3.63) is 94.4 Å². The van der Waals surface area contributed by atoms with E-state index in [9.17, 15) is 14.0 Å². The van der Waals surface area contributed by atoms with Crippen LogP contribution in [0.25, 0.3) is 11.0 Å². The van der Waals surface area contributed by atoms with E-state index in [4.69, 9.17) is 9.15 Å². The van der Waals surface area contributed by atoms with Crippen molar-refractivity contribution < 1.29 is 23.1 Å². The number of hydrogen-bond donors (Lipinski definition) is 2. The van der Waals surface area contributed by atoms with Gasteiger partial charge in [0.15, 0.2) is 12.4 Å².